The van der Waals surface area contributed by atoms with Crippen LogP contribution in [0.1, 0.15) is 22.0 Å². The Morgan fingerprint density at radius 2 is 2.29 bits per heavy atom. The van der Waals surface area contributed by atoms with E-state index in [1.54, 1.807) is 36.3 Å². The zero-order valence-electron chi connectivity index (χ0n) is 11.5. The molecule has 7 heteroatoms. The number of aromatic nitrogens is 1. The standard InChI is InChI=1S/C14H15N3O4/c1-9-5-12(16-21-9)14(19)17-7-10(8-17)13(18)15-6-11-3-2-4-20-11/h2-5,10H,6-8H2,1H3,(H,15,18). The van der Waals surface area contributed by atoms with E-state index in [4.69, 9.17) is 8.94 Å². The quantitative estimate of drug-likeness (QED) is 0.905. The van der Waals surface area contributed by atoms with E-state index < -0.39 is 0 Å². The fraction of sp³-hybridized carbons (Fsp3) is 0.357. The number of nitrogens with one attached hydrogen (secondary N) is 1. The highest BCUT2D eigenvalue weighted by atomic mass is 16.5. The van der Waals surface area contributed by atoms with Crippen molar-refractivity contribution in [3.8, 4) is 0 Å². The molecule has 2 aromatic rings. The Morgan fingerprint density at radius 3 is 2.90 bits per heavy atom. The fourth-order valence-corrected chi connectivity index (χ4v) is 2.17. The van der Waals surface area contributed by atoms with E-state index >= 15 is 0 Å². The maximum atomic E-state index is 12.0. The molecule has 1 aliphatic rings. The highest BCUT2D eigenvalue weighted by molar-refractivity contribution is 5.94. The van der Waals surface area contributed by atoms with Crippen molar-refractivity contribution in [3.63, 3.8) is 0 Å². The molecule has 1 saturated heterocycles. The van der Waals surface area contributed by atoms with E-state index in [0.717, 1.165) is 0 Å². The average molecular weight is 289 g/mol. The van der Waals surface area contributed by atoms with Gasteiger partial charge in [-0.15, -0.1) is 0 Å². The second-order valence-corrected chi connectivity index (χ2v) is 5.03. The van der Waals surface area contributed by atoms with Crippen molar-refractivity contribution in [2.75, 3.05) is 13.1 Å². The molecule has 0 aliphatic carbocycles. The average Bonchev–Trinajstić information content (AvgIpc) is 3.05. The van der Waals surface area contributed by atoms with Crippen LogP contribution in [0, 0.1) is 12.8 Å². The number of carbonyl (C=O) groups is 2. The molecule has 0 radical (unpaired) electrons. The lowest BCUT2D eigenvalue weighted by Crippen LogP contribution is -2.55. The molecule has 0 unspecified atom stereocenters. The SMILES string of the molecule is Cc1cc(C(=O)N2CC(C(=O)NCc3ccco3)C2)no1. The van der Waals surface area contributed by atoms with Gasteiger partial charge in [0.25, 0.3) is 5.91 Å². The van der Waals surface area contributed by atoms with Crippen molar-refractivity contribution in [3.05, 3.63) is 41.7 Å². The Bertz CT molecular complexity index is 641. The summed E-state index contributed by atoms with van der Waals surface area (Å²) in [6, 6.07) is 5.15. The Hall–Kier alpha value is -2.57. The molecular weight excluding hydrogens is 274 g/mol. The first-order chi connectivity index (χ1) is 10.1. The number of nitrogens with zero attached hydrogens (tertiary/aromatic N) is 2. The van der Waals surface area contributed by atoms with E-state index in [9.17, 15) is 9.59 Å². The van der Waals surface area contributed by atoms with Gasteiger partial charge in [-0.1, -0.05) is 5.16 Å². The molecule has 3 rings (SSSR count). The molecule has 1 N–H and O–H groups in total. The van der Waals surface area contributed by atoms with Crippen LogP contribution in [0.5, 0.6) is 0 Å². The predicted octanol–water partition coefficient (Wildman–Crippen LogP) is 0.964. The molecule has 0 atom stereocenters. The minimum Gasteiger partial charge on any atom is -0.467 e. The highest BCUT2D eigenvalue weighted by Gasteiger charge is 2.36. The summed E-state index contributed by atoms with van der Waals surface area (Å²) < 4.78 is 10.0. The van der Waals surface area contributed by atoms with Gasteiger partial charge in [0.05, 0.1) is 18.7 Å². The van der Waals surface area contributed by atoms with Gasteiger partial charge in [-0.3, -0.25) is 9.59 Å². The number of carbonyl (C=O) groups excluding carboxylic acids is 2. The van der Waals surface area contributed by atoms with Gasteiger partial charge in [0.2, 0.25) is 5.91 Å². The first kappa shape index (κ1) is 13.4. The number of rotatable bonds is 4. The monoisotopic (exact) mass is 289 g/mol. The Kier molecular flexibility index (Phi) is 3.47. The number of aryl methyl sites for hydroxylation is 1. The number of hydrogen-bond acceptors (Lipinski definition) is 5. The fourth-order valence-electron chi connectivity index (χ4n) is 2.17. The van der Waals surface area contributed by atoms with Gasteiger partial charge in [0, 0.05) is 19.2 Å². The summed E-state index contributed by atoms with van der Waals surface area (Å²) in [7, 11) is 0. The molecule has 3 heterocycles. The minimum absolute atomic E-state index is 0.0771. The van der Waals surface area contributed by atoms with Crippen LogP contribution >= 0.6 is 0 Å². The molecule has 0 spiro atoms. The molecule has 0 saturated carbocycles. The zero-order chi connectivity index (χ0) is 14.8. The van der Waals surface area contributed by atoms with Crippen LogP contribution in [0.15, 0.2) is 33.4 Å². The van der Waals surface area contributed by atoms with E-state index in [0.29, 0.717) is 31.2 Å². The lowest BCUT2D eigenvalue weighted by atomic mass is 9.98. The van der Waals surface area contributed by atoms with E-state index in [-0.39, 0.29) is 23.4 Å². The molecule has 1 aliphatic heterocycles. The smallest absolute Gasteiger partial charge is 0.276 e. The molecule has 1 fully saturated rings. The topological polar surface area (TPSA) is 88.6 Å². The second-order valence-electron chi connectivity index (χ2n) is 5.03. The summed E-state index contributed by atoms with van der Waals surface area (Å²) in [4.78, 5) is 25.5. The molecule has 0 aromatic carbocycles. The highest BCUT2D eigenvalue weighted by Crippen LogP contribution is 2.19. The van der Waals surface area contributed by atoms with E-state index in [1.165, 1.54) is 0 Å². The third kappa shape index (κ3) is 2.81. The van der Waals surface area contributed by atoms with Crippen molar-refractivity contribution >= 4 is 11.8 Å². The van der Waals surface area contributed by atoms with E-state index in [1.807, 2.05) is 0 Å². The van der Waals surface area contributed by atoms with Crippen molar-refractivity contribution in [2.24, 2.45) is 5.92 Å². The van der Waals surface area contributed by atoms with Gasteiger partial charge in [-0.2, -0.15) is 0 Å². The number of hydrogen-bond donors (Lipinski definition) is 1. The second kappa shape index (κ2) is 5.43. The van der Waals surface area contributed by atoms with Crippen LogP contribution in [0.25, 0.3) is 0 Å². The van der Waals surface area contributed by atoms with Crippen molar-refractivity contribution in [2.45, 2.75) is 13.5 Å². The minimum atomic E-state index is -0.207. The Labute approximate surface area is 120 Å². The van der Waals surface area contributed by atoms with Gasteiger partial charge in [-0.05, 0) is 19.1 Å². The Morgan fingerprint density at radius 1 is 1.48 bits per heavy atom. The van der Waals surface area contributed by atoms with Gasteiger partial charge in [0.15, 0.2) is 5.69 Å². The summed E-state index contributed by atoms with van der Waals surface area (Å²) >= 11 is 0. The predicted molar refractivity (Wildman–Crippen MR) is 71.2 cm³/mol. The molecule has 7 nitrogen and oxygen atoms in total. The third-order valence-electron chi connectivity index (χ3n) is 3.40. The zero-order valence-corrected chi connectivity index (χ0v) is 11.5. The number of likely N-dealkylation sites (tertiary alicyclic amines) is 1. The maximum absolute atomic E-state index is 12.0. The molecule has 2 amide bonds. The summed E-state index contributed by atoms with van der Waals surface area (Å²) in [5, 5.41) is 6.46. The Balaban J connectivity index is 1.46. The summed E-state index contributed by atoms with van der Waals surface area (Å²) in [5.41, 5.74) is 0.280. The van der Waals surface area contributed by atoms with Gasteiger partial charge >= 0.3 is 0 Å². The number of furan rings is 1. The molecule has 21 heavy (non-hydrogen) atoms. The first-order valence-electron chi connectivity index (χ1n) is 6.66. The number of amides is 2. The summed E-state index contributed by atoms with van der Waals surface area (Å²) in [6.45, 7) is 2.88. The molecular formula is C14H15N3O4. The van der Waals surface area contributed by atoms with Gasteiger partial charge in [0.1, 0.15) is 11.5 Å². The van der Waals surface area contributed by atoms with Crippen LogP contribution in [-0.4, -0.2) is 35.0 Å². The molecule has 110 valence electrons. The van der Waals surface area contributed by atoms with Gasteiger partial charge in [-0.25, -0.2) is 0 Å². The van der Waals surface area contributed by atoms with Crippen LogP contribution < -0.4 is 5.32 Å². The summed E-state index contributed by atoms with van der Waals surface area (Å²) in [6.07, 6.45) is 1.56. The normalized spacial score (nSPS) is 14.8. The maximum Gasteiger partial charge on any atom is 0.276 e. The molecule has 0 bridgehead atoms. The van der Waals surface area contributed by atoms with Crippen LogP contribution in [-0.2, 0) is 11.3 Å². The molecule has 2 aromatic heterocycles. The van der Waals surface area contributed by atoms with Crippen LogP contribution in [0.2, 0.25) is 0 Å². The lowest BCUT2D eigenvalue weighted by Gasteiger charge is -2.37. The first-order valence-corrected chi connectivity index (χ1v) is 6.66. The van der Waals surface area contributed by atoms with Crippen LogP contribution in [0.3, 0.4) is 0 Å². The van der Waals surface area contributed by atoms with Crippen molar-refractivity contribution in [1.82, 2.24) is 15.4 Å². The van der Waals surface area contributed by atoms with E-state index in [2.05, 4.69) is 10.5 Å². The third-order valence-corrected chi connectivity index (χ3v) is 3.40. The van der Waals surface area contributed by atoms with Crippen molar-refractivity contribution in [1.29, 1.82) is 0 Å². The summed E-state index contributed by atoms with van der Waals surface area (Å²) in [5.74, 6) is 0.825. The largest absolute Gasteiger partial charge is 0.467 e. The van der Waals surface area contributed by atoms with Gasteiger partial charge < -0.3 is 19.2 Å². The lowest BCUT2D eigenvalue weighted by molar-refractivity contribution is -0.129. The van der Waals surface area contributed by atoms with Crippen molar-refractivity contribution < 1.29 is 18.5 Å². The van der Waals surface area contributed by atoms with Crippen LogP contribution in [0.4, 0.5) is 0 Å².